The van der Waals surface area contributed by atoms with Gasteiger partial charge in [0, 0.05) is 12.6 Å². The highest BCUT2D eigenvalue weighted by Crippen LogP contribution is 2.26. The van der Waals surface area contributed by atoms with E-state index in [0.717, 1.165) is 18.0 Å². The number of rotatable bonds is 5. The molecule has 1 aromatic carbocycles. The average molecular weight is 247 g/mol. The third-order valence-corrected chi connectivity index (χ3v) is 3.64. The van der Waals surface area contributed by atoms with E-state index in [2.05, 4.69) is 18.3 Å². The van der Waals surface area contributed by atoms with E-state index in [1.54, 1.807) is 0 Å². The lowest BCUT2D eigenvalue weighted by atomic mass is 9.82. The van der Waals surface area contributed by atoms with Crippen molar-refractivity contribution in [3.8, 4) is 0 Å². The molecule has 1 aliphatic rings. The lowest BCUT2D eigenvalue weighted by molar-refractivity contribution is -0.139. The van der Waals surface area contributed by atoms with E-state index in [1.807, 2.05) is 18.2 Å². The molecule has 0 aliphatic heterocycles. The Hall–Kier alpha value is -1.35. The Labute approximate surface area is 109 Å². The van der Waals surface area contributed by atoms with Crippen LogP contribution >= 0.6 is 0 Å². The smallest absolute Gasteiger partial charge is 0.309 e. The fraction of sp³-hybridized carbons (Fsp3) is 0.533. The molecule has 0 heterocycles. The average Bonchev–Trinajstić information content (AvgIpc) is 2.34. The van der Waals surface area contributed by atoms with E-state index in [-0.39, 0.29) is 5.97 Å². The lowest BCUT2D eigenvalue weighted by Gasteiger charge is -2.33. The van der Waals surface area contributed by atoms with Crippen LogP contribution < -0.4 is 5.32 Å². The second-order valence-electron chi connectivity index (χ2n) is 5.18. The van der Waals surface area contributed by atoms with E-state index in [1.165, 1.54) is 25.5 Å². The van der Waals surface area contributed by atoms with Crippen LogP contribution in [-0.2, 0) is 22.5 Å². The molecule has 0 aromatic heterocycles. The predicted octanol–water partition coefficient (Wildman–Crippen LogP) is 2.29. The summed E-state index contributed by atoms with van der Waals surface area (Å²) in [6.45, 7) is 3.12. The molecule has 0 spiro atoms. The van der Waals surface area contributed by atoms with Crippen molar-refractivity contribution >= 4 is 5.97 Å². The van der Waals surface area contributed by atoms with Gasteiger partial charge in [-0.2, -0.15) is 0 Å². The molecule has 0 radical (unpaired) electrons. The van der Waals surface area contributed by atoms with Gasteiger partial charge in [-0.3, -0.25) is 4.79 Å². The first-order valence-electron chi connectivity index (χ1n) is 6.56. The van der Waals surface area contributed by atoms with Gasteiger partial charge in [-0.05, 0) is 29.9 Å². The monoisotopic (exact) mass is 247 g/mol. The maximum Gasteiger partial charge on any atom is 0.309 e. The Morgan fingerprint density at radius 3 is 2.61 bits per heavy atom. The molecule has 98 valence electrons. The minimum absolute atomic E-state index is 0.181. The first kappa shape index (κ1) is 13.1. The van der Waals surface area contributed by atoms with E-state index in [4.69, 9.17) is 4.74 Å². The molecule has 0 amide bonds. The molecule has 18 heavy (non-hydrogen) atoms. The number of methoxy groups -OCH3 is 1. The number of hydrogen-bond donors (Lipinski definition) is 1. The Balaban J connectivity index is 1.92. The van der Waals surface area contributed by atoms with Crippen LogP contribution in [0.25, 0.3) is 0 Å². The largest absolute Gasteiger partial charge is 0.469 e. The summed E-state index contributed by atoms with van der Waals surface area (Å²) in [7, 11) is 1.43. The highest BCUT2D eigenvalue weighted by atomic mass is 16.5. The first-order valence-corrected chi connectivity index (χ1v) is 6.56. The molecular formula is C15H21NO2. The number of nitrogens with one attached hydrogen (secondary N) is 1. The molecule has 1 aliphatic carbocycles. The summed E-state index contributed by atoms with van der Waals surface area (Å²) in [5.41, 5.74) is 2.26. The zero-order valence-electron chi connectivity index (χ0n) is 11.1. The third-order valence-electron chi connectivity index (χ3n) is 3.64. The summed E-state index contributed by atoms with van der Waals surface area (Å²) in [5, 5.41) is 3.55. The predicted molar refractivity (Wildman–Crippen MR) is 71.2 cm³/mol. The van der Waals surface area contributed by atoms with Gasteiger partial charge in [0.25, 0.3) is 0 Å². The summed E-state index contributed by atoms with van der Waals surface area (Å²) >= 11 is 0. The molecule has 2 rings (SSSR count). The second kappa shape index (κ2) is 6.01. The Bertz CT molecular complexity index is 411. The van der Waals surface area contributed by atoms with E-state index in [9.17, 15) is 4.79 Å². The molecule has 0 saturated heterocycles. The quantitative estimate of drug-likeness (QED) is 0.811. The van der Waals surface area contributed by atoms with Crippen molar-refractivity contribution in [2.24, 2.45) is 5.92 Å². The zero-order chi connectivity index (χ0) is 13.0. The molecule has 0 unspecified atom stereocenters. The minimum Gasteiger partial charge on any atom is -0.469 e. The summed E-state index contributed by atoms with van der Waals surface area (Å²) in [6.07, 6.45) is 2.88. The van der Waals surface area contributed by atoms with Gasteiger partial charge in [-0.15, -0.1) is 0 Å². The summed E-state index contributed by atoms with van der Waals surface area (Å²) < 4.78 is 4.72. The fourth-order valence-electron chi connectivity index (χ4n) is 2.45. The molecule has 1 saturated carbocycles. The van der Waals surface area contributed by atoms with Crippen molar-refractivity contribution in [2.75, 3.05) is 7.11 Å². The summed E-state index contributed by atoms with van der Waals surface area (Å²) in [6, 6.07) is 8.70. The Kier molecular flexibility index (Phi) is 4.37. The SMILES string of the molecule is COC(=O)Cc1ccccc1CNC1CC(C)C1. The van der Waals surface area contributed by atoms with Crippen LogP contribution in [0.4, 0.5) is 0 Å². The Morgan fingerprint density at radius 2 is 2.00 bits per heavy atom. The van der Waals surface area contributed by atoms with Crippen molar-refractivity contribution in [2.45, 2.75) is 38.8 Å². The van der Waals surface area contributed by atoms with E-state index in [0.29, 0.717) is 12.5 Å². The molecule has 3 heteroatoms. The molecule has 0 bridgehead atoms. The van der Waals surface area contributed by atoms with Crippen molar-refractivity contribution in [3.63, 3.8) is 0 Å². The topological polar surface area (TPSA) is 38.3 Å². The molecule has 0 atom stereocenters. The molecule has 1 aromatic rings. The summed E-state index contributed by atoms with van der Waals surface area (Å²) in [4.78, 5) is 11.3. The lowest BCUT2D eigenvalue weighted by Crippen LogP contribution is -2.39. The minimum atomic E-state index is -0.181. The zero-order valence-corrected chi connectivity index (χ0v) is 11.1. The Morgan fingerprint density at radius 1 is 1.33 bits per heavy atom. The third kappa shape index (κ3) is 3.33. The van der Waals surface area contributed by atoms with Crippen LogP contribution in [0.1, 0.15) is 30.9 Å². The first-order chi connectivity index (χ1) is 8.69. The van der Waals surface area contributed by atoms with E-state index >= 15 is 0 Å². The van der Waals surface area contributed by atoms with Gasteiger partial charge in [-0.25, -0.2) is 0 Å². The van der Waals surface area contributed by atoms with Gasteiger partial charge >= 0.3 is 5.97 Å². The summed E-state index contributed by atoms with van der Waals surface area (Å²) in [5.74, 6) is 0.674. The number of hydrogen-bond acceptors (Lipinski definition) is 3. The van der Waals surface area contributed by atoms with Crippen LogP contribution in [0.15, 0.2) is 24.3 Å². The van der Waals surface area contributed by atoms with Crippen LogP contribution in [0.2, 0.25) is 0 Å². The van der Waals surface area contributed by atoms with Crippen molar-refractivity contribution in [1.82, 2.24) is 5.32 Å². The molecular weight excluding hydrogens is 226 g/mol. The fourth-order valence-corrected chi connectivity index (χ4v) is 2.45. The van der Waals surface area contributed by atoms with E-state index < -0.39 is 0 Å². The highest BCUT2D eigenvalue weighted by Gasteiger charge is 2.24. The van der Waals surface area contributed by atoms with Crippen LogP contribution in [0.3, 0.4) is 0 Å². The normalized spacial score (nSPS) is 22.3. The molecule has 1 N–H and O–H groups in total. The van der Waals surface area contributed by atoms with Gasteiger partial charge in [0.05, 0.1) is 13.5 Å². The van der Waals surface area contributed by atoms with Crippen molar-refractivity contribution in [3.05, 3.63) is 35.4 Å². The highest BCUT2D eigenvalue weighted by molar-refractivity contribution is 5.72. The van der Waals surface area contributed by atoms with Crippen molar-refractivity contribution in [1.29, 1.82) is 0 Å². The van der Waals surface area contributed by atoms with Crippen LogP contribution in [-0.4, -0.2) is 19.1 Å². The van der Waals surface area contributed by atoms with Crippen LogP contribution in [0, 0.1) is 5.92 Å². The number of ether oxygens (including phenoxy) is 1. The van der Waals surface area contributed by atoms with Crippen LogP contribution in [0.5, 0.6) is 0 Å². The van der Waals surface area contributed by atoms with Crippen molar-refractivity contribution < 1.29 is 9.53 Å². The van der Waals surface area contributed by atoms with Gasteiger partial charge in [0.2, 0.25) is 0 Å². The van der Waals surface area contributed by atoms with Gasteiger partial charge < -0.3 is 10.1 Å². The molecule has 3 nitrogen and oxygen atoms in total. The standard InChI is InChI=1S/C15H21NO2/c1-11-7-14(8-11)16-10-13-6-4-3-5-12(13)9-15(17)18-2/h3-6,11,14,16H,7-10H2,1-2H3. The molecule has 1 fully saturated rings. The second-order valence-corrected chi connectivity index (χ2v) is 5.18. The van der Waals surface area contributed by atoms with Gasteiger partial charge in [0.15, 0.2) is 0 Å². The maximum absolute atomic E-state index is 11.3. The van der Waals surface area contributed by atoms with Gasteiger partial charge in [0.1, 0.15) is 0 Å². The van der Waals surface area contributed by atoms with Gasteiger partial charge in [-0.1, -0.05) is 31.2 Å². The number of carbonyl (C=O) groups excluding carboxylic acids is 1. The maximum atomic E-state index is 11.3. The number of carbonyl (C=O) groups is 1. The number of benzene rings is 1. The number of esters is 1.